The standard InChI is InChI=1S/C21H17N3O4S/c1-27-15-7-5-14(6-8-15)24-20(26)17-9-4-13(11-18(17)23-21(24)29)19(25)22-12-16-3-2-10-28-16/h2-11H,12H2,1H3,(H,22,25)(H,23,29). The second-order valence-corrected chi connectivity index (χ2v) is 6.68. The van der Waals surface area contributed by atoms with Crippen LogP contribution >= 0.6 is 12.2 Å². The fraction of sp³-hybridized carbons (Fsp3) is 0.0952. The smallest absolute Gasteiger partial charge is 0.266 e. The molecule has 0 aliphatic carbocycles. The SMILES string of the molecule is COc1ccc(-n2c(=S)[nH]c3cc(C(=O)NCc4ccco4)ccc3c2=O)cc1. The Morgan fingerprint density at radius 3 is 2.69 bits per heavy atom. The lowest BCUT2D eigenvalue weighted by atomic mass is 10.1. The molecule has 2 aromatic heterocycles. The monoisotopic (exact) mass is 407 g/mol. The molecule has 4 aromatic rings. The van der Waals surface area contributed by atoms with Crippen LogP contribution in [0.15, 0.2) is 70.1 Å². The van der Waals surface area contributed by atoms with Crippen LogP contribution < -0.4 is 15.6 Å². The second kappa shape index (κ2) is 7.76. The zero-order valence-electron chi connectivity index (χ0n) is 15.5. The van der Waals surface area contributed by atoms with Gasteiger partial charge in [-0.2, -0.15) is 0 Å². The van der Waals surface area contributed by atoms with Gasteiger partial charge in [-0.1, -0.05) is 0 Å². The molecule has 0 bridgehead atoms. The van der Waals surface area contributed by atoms with Crippen molar-refractivity contribution in [2.24, 2.45) is 0 Å². The minimum atomic E-state index is -0.276. The number of amides is 1. The molecule has 0 aliphatic heterocycles. The lowest BCUT2D eigenvalue weighted by molar-refractivity contribution is 0.0948. The van der Waals surface area contributed by atoms with E-state index in [0.717, 1.165) is 0 Å². The molecule has 0 atom stereocenters. The van der Waals surface area contributed by atoms with Gasteiger partial charge in [0.2, 0.25) is 0 Å². The lowest BCUT2D eigenvalue weighted by Crippen LogP contribution is -2.23. The number of methoxy groups -OCH3 is 1. The minimum Gasteiger partial charge on any atom is -0.497 e. The second-order valence-electron chi connectivity index (χ2n) is 6.29. The number of carbonyl (C=O) groups is 1. The van der Waals surface area contributed by atoms with Gasteiger partial charge in [-0.15, -0.1) is 0 Å². The number of rotatable bonds is 5. The van der Waals surface area contributed by atoms with Crippen molar-refractivity contribution in [1.29, 1.82) is 0 Å². The first-order valence-electron chi connectivity index (χ1n) is 8.81. The molecule has 7 nitrogen and oxygen atoms in total. The van der Waals surface area contributed by atoms with E-state index in [1.165, 1.54) is 4.57 Å². The molecule has 0 fully saturated rings. The fourth-order valence-corrected chi connectivity index (χ4v) is 3.31. The molecular weight excluding hydrogens is 390 g/mol. The van der Waals surface area contributed by atoms with Crippen LogP contribution in [0, 0.1) is 4.77 Å². The highest BCUT2D eigenvalue weighted by Gasteiger charge is 2.12. The van der Waals surface area contributed by atoms with Crippen LogP contribution in [0.5, 0.6) is 5.75 Å². The summed E-state index contributed by atoms with van der Waals surface area (Å²) in [6.07, 6.45) is 1.55. The number of fused-ring (bicyclic) bond motifs is 1. The quantitative estimate of drug-likeness (QED) is 0.494. The van der Waals surface area contributed by atoms with E-state index < -0.39 is 0 Å². The van der Waals surface area contributed by atoms with E-state index in [1.807, 2.05) is 0 Å². The van der Waals surface area contributed by atoms with Crippen LogP contribution in [0.25, 0.3) is 16.6 Å². The summed E-state index contributed by atoms with van der Waals surface area (Å²) >= 11 is 5.39. The summed E-state index contributed by atoms with van der Waals surface area (Å²) in [5.74, 6) is 1.06. The largest absolute Gasteiger partial charge is 0.497 e. The van der Waals surface area contributed by atoms with E-state index in [9.17, 15) is 9.59 Å². The molecule has 8 heteroatoms. The first kappa shape index (κ1) is 18.7. The summed E-state index contributed by atoms with van der Waals surface area (Å²) in [6.45, 7) is 0.277. The predicted molar refractivity (Wildman–Crippen MR) is 111 cm³/mol. The third-order valence-corrected chi connectivity index (χ3v) is 4.78. The third kappa shape index (κ3) is 3.70. The van der Waals surface area contributed by atoms with Gasteiger partial charge in [-0.05, 0) is 66.8 Å². The molecule has 4 rings (SSSR count). The molecule has 146 valence electrons. The summed E-state index contributed by atoms with van der Waals surface area (Å²) in [7, 11) is 1.58. The molecule has 2 N–H and O–H groups in total. The number of furan rings is 1. The summed E-state index contributed by atoms with van der Waals surface area (Å²) < 4.78 is 12.0. The van der Waals surface area contributed by atoms with Gasteiger partial charge in [0, 0.05) is 5.56 Å². The van der Waals surface area contributed by atoms with Gasteiger partial charge in [0.1, 0.15) is 11.5 Å². The summed E-state index contributed by atoms with van der Waals surface area (Å²) in [5.41, 5.74) is 1.27. The molecule has 1 amide bonds. The predicted octanol–water partition coefficient (Wildman–Crippen LogP) is 3.58. The van der Waals surface area contributed by atoms with E-state index in [4.69, 9.17) is 21.4 Å². The van der Waals surface area contributed by atoms with E-state index in [0.29, 0.717) is 33.7 Å². The Hall–Kier alpha value is -3.65. The van der Waals surface area contributed by atoms with Crippen LogP contribution in [0.3, 0.4) is 0 Å². The normalized spacial score (nSPS) is 10.8. The molecule has 0 radical (unpaired) electrons. The Morgan fingerprint density at radius 2 is 2.00 bits per heavy atom. The topological polar surface area (TPSA) is 89.3 Å². The van der Waals surface area contributed by atoms with Crippen molar-refractivity contribution in [3.8, 4) is 11.4 Å². The van der Waals surface area contributed by atoms with E-state index >= 15 is 0 Å². The highest BCUT2D eigenvalue weighted by molar-refractivity contribution is 7.71. The zero-order chi connectivity index (χ0) is 20.4. The van der Waals surface area contributed by atoms with E-state index in [2.05, 4.69) is 10.3 Å². The van der Waals surface area contributed by atoms with Crippen molar-refractivity contribution in [3.63, 3.8) is 0 Å². The van der Waals surface area contributed by atoms with Crippen LogP contribution in [0.4, 0.5) is 0 Å². The first-order valence-corrected chi connectivity index (χ1v) is 9.22. The summed E-state index contributed by atoms with van der Waals surface area (Å²) in [4.78, 5) is 28.5. The van der Waals surface area contributed by atoms with Crippen LogP contribution in [-0.4, -0.2) is 22.6 Å². The number of aromatic amines is 1. The van der Waals surface area contributed by atoms with Crippen molar-refractivity contribution in [3.05, 3.63) is 87.3 Å². The number of nitrogens with one attached hydrogen (secondary N) is 2. The summed E-state index contributed by atoms with van der Waals surface area (Å²) in [6, 6.07) is 15.4. The Labute approximate surface area is 170 Å². The highest BCUT2D eigenvalue weighted by atomic mass is 32.1. The summed E-state index contributed by atoms with van der Waals surface area (Å²) in [5, 5.41) is 3.20. The number of aromatic nitrogens is 2. The van der Waals surface area contributed by atoms with Gasteiger partial charge in [-0.3, -0.25) is 14.2 Å². The van der Waals surface area contributed by atoms with Crippen LogP contribution in [0.1, 0.15) is 16.1 Å². The number of benzene rings is 2. The Balaban J connectivity index is 1.68. The maximum Gasteiger partial charge on any atom is 0.266 e. The average Bonchev–Trinajstić information content (AvgIpc) is 3.26. The van der Waals surface area contributed by atoms with Gasteiger partial charge in [0.05, 0.1) is 36.5 Å². The molecule has 0 aliphatic rings. The Kier molecular flexibility index (Phi) is 5.01. The lowest BCUT2D eigenvalue weighted by Gasteiger charge is -2.10. The van der Waals surface area contributed by atoms with Gasteiger partial charge < -0.3 is 19.5 Å². The Bertz CT molecular complexity index is 1290. The van der Waals surface area contributed by atoms with Gasteiger partial charge in [0.25, 0.3) is 11.5 Å². The number of hydrogen-bond acceptors (Lipinski definition) is 5. The van der Waals surface area contributed by atoms with E-state index in [1.54, 1.807) is 68.0 Å². The molecule has 0 unspecified atom stereocenters. The average molecular weight is 407 g/mol. The van der Waals surface area contributed by atoms with Crippen molar-refractivity contribution in [2.45, 2.75) is 6.54 Å². The van der Waals surface area contributed by atoms with Crippen LogP contribution in [-0.2, 0) is 6.54 Å². The maximum atomic E-state index is 13.0. The van der Waals surface area contributed by atoms with Crippen molar-refractivity contribution in [1.82, 2.24) is 14.9 Å². The Morgan fingerprint density at radius 1 is 1.21 bits per heavy atom. The first-order chi connectivity index (χ1) is 14.1. The maximum absolute atomic E-state index is 13.0. The molecule has 2 aromatic carbocycles. The van der Waals surface area contributed by atoms with Crippen molar-refractivity contribution < 1.29 is 13.9 Å². The van der Waals surface area contributed by atoms with Gasteiger partial charge >= 0.3 is 0 Å². The number of nitrogens with zero attached hydrogens (tertiary/aromatic N) is 1. The number of ether oxygens (including phenoxy) is 1. The van der Waals surface area contributed by atoms with Crippen molar-refractivity contribution in [2.75, 3.05) is 7.11 Å². The molecule has 2 heterocycles. The van der Waals surface area contributed by atoms with Gasteiger partial charge in [-0.25, -0.2) is 0 Å². The number of H-pyrrole nitrogens is 1. The molecular formula is C21H17N3O4S. The van der Waals surface area contributed by atoms with Gasteiger partial charge in [0.15, 0.2) is 4.77 Å². The molecule has 0 spiro atoms. The number of carbonyl (C=O) groups excluding carboxylic acids is 1. The van der Waals surface area contributed by atoms with E-state index in [-0.39, 0.29) is 22.8 Å². The fourth-order valence-electron chi connectivity index (χ4n) is 3.01. The van der Waals surface area contributed by atoms with Crippen molar-refractivity contribution >= 4 is 29.0 Å². The molecule has 29 heavy (non-hydrogen) atoms. The van der Waals surface area contributed by atoms with Crippen LogP contribution in [0.2, 0.25) is 0 Å². The highest BCUT2D eigenvalue weighted by Crippen LogP contribution is 2.16. The molecule has 0 saturated carbocycles. The number of hydrogen-bond donors (Lipinski definition) is 2. The molecule has 0 saturated heterocycles. The zero-order valence-corrected chi connectivity index (χ0v) is 16.3. The minimum absolute atomic E-state index is 0.237. The third-order valence-electron chi connectivity index (χ3n) is 4.49.